The summed E-state index contributed by atoms with van der Waals surface area (Å²) in [7, 11) is -3.55. The van der Waals surface area contributed by atoms with Crippen molar-refractivity contribution in [3.63, 3.8) is 0 Å². The number of anilines is 1. The SMILES string of the molecule is Cc1ccc(N(CC(=O)NCCSCc2ccccc2Cl)S(C)(=O)=O)cc1. The Balaban J connectivity index is 1.82. The van der Waals surface area contributed by atoms with Gasteiger partial charge in [-0.15, -0.1) is 0 Å². The van der Waals surface area contributed by atoms with E-state index >= 15 is 0 Å². The maximum absolute atomic E-state index is 12.2. The fourth-order valence-electron chi connectivity index (χ4n) is 2.36. The number of aryl methyl sites for hydroxylation is 1. The molecule has 0 radical (unpaired) electrons. The molecular weight excluding hydrogens is 404 g/mol. The van der Waals surface area contributed by atoms with Crippen LogP contribution in [0, 0.1) is 6.92 Å². The molecule has 0 aliphatic rings. The Morgan fingerprint density at radius 1 is 1.15 bits per heavy atom. The van der Waals surface area contributed by atoms with Gasteiger partial charge < -0.3 is 5.32 Å². The van der Waals surface area contributed by atoms with Crippen LogP contribution in [0.5, 0.6) is 0 Å². The van der Waals surface area contributed by atoms with E-state index in [1.807, 2.05) is 43.3 Å². The lowest BCUT2D eigenvalue weighted by Crippen LogP contribution is -2.41. The molecule has 146 valence electrons. The zero-order valence-electron chi connectivity index (χ0n) is 15.3. The van der Waals surface area contributed by atoms with E-state index in [9.17, 15) is 13.2 Å². The highest BCUT2D eigenvalue weighted by Gasteiger charge is 2.20. The summed E-state index contributed by atoms with van der Waals surface area (Å²) in [6.07, 6.45) is 1.10. The van der Waals surface area contributed by atoms with Crippen molar-refractivity contribution >= 4 is 45.0 Å². The molecule has 1 amide bonds. The third-order valence-electron chi connectivity index (χ3n) is 3.79. The van der Waals surface area contributed by atoms with Crippen LogP contribution < -0.4 is 9.62 Å². The number of benzene rings is 2. The molecule has 0 unspecified atom stereocenters. The van der Waals surface area contributed by atoms with E-state index in [1.165, 1.54) is 0 Å². The summed E-state index contributed by atoms with van der Waals surface area (Å²) in [5.41, 5.74) is 2.55. The fraction of sp³-hybridized carbons (Fsp3) is 0.316. The van der Waals surface area contributed by atoms with Crippen LogP contribution in [0.3, 0.4) is 0 Å². The standard InChI is InChI=1S/C19H23ClN2O3S2/c1-15-7-9-17(10-8-15)22(27(2,24)25)13-19(23)21-11-12-26-14-16-5-3-4-6-18(16)20/h3-10H,11-14H2,1-2H3,(H,21,23). The van der Waals surface area contributed by atoms with Gasteiger partial charge in [0.2, 0.25) is 15.9 Å². The van der Waals surface area contributed by atoms with E-state index in [4.69, 9.17) is 11.6 Å². The molecule has 0 atom stereocenters. The monoisotopic (exact) mass is 426 g/mol. The van der Waals surface area contributed by atoms with Gasteiger partial charge in [-0.05, 0) is 30.7 Å². The Morgan fingerprint density at radius 3 is 2.44 bits per heavy atom. The minimum Gasteiger partial charge on any atom is -0.354 e. The summed E-state index contributed by atoms with van der Waals surface area (Å²) < 4.78 is 25.2. The van der Waals surface area contributed by atoms with Crippen LogP contribution in [0.15, 0.2) is 48.5 Å². The molecule has 0 aliphatic heterocycles. The quantitative estimate of drug-likeness (QED) is 0.623. The van der Waals surface area contributed by atoms with Crippen LogP contribution in [0.4, 0.5) is 5.69 Å². The first-order valence-corrected chi connectivity index (χ1v) is 11.8. The Morgan fingerprint density at radius 2 is 1.81 bits per heavy atom. The van der Waals surface area contributed by atoms with E-state index in [-0.39, 0.29) is 12.5 Å². The van der Waals surface area contributed by atoms with Crippen molar-refractivity contribution in [2.24, 2.45) is 0 Å². The van der Waals surface area contributed by atoms with E-state index in [0.717, 1.165) is 32.5 Å². The number of carbonyl (C=O) groups excluding carboxylic acids is 1. The Hall–Kier alpha value is -1.70. The van der Waals surface area contributed by atoms with Gasteiger partial charge in [-0.25, -0.2) is 8.42 Å². The number of hydrogen-bond acceptors (Lipinski definition) is 4. The smallest absolute Gasteiger partial charge is 0.240 e. The minimum absolute atomic E-state index is 0.239. The lowest BCUT2D eigenvalue weighted by Gasteiger charge is -2.22. The van der Waals surface area contributed by atoms with Crippen LogP contribution >= 0.6 is 23.4 Å². The predicted octanol–water partition coefficient (Wildman–Crippen LogP) is 3.46. The molecule has 0 bridgehead atoms. The third kappa shape index (κ3) is 7.08. The average Bonchev–Trinajstić information content (AvgIpc) is 2.61. The number of amides is 1. The number of carbonyl (C=O) groups is 1. The number of halogens is 1. The molecule has 0 fully saturated rings. The normalized spacial score (nSPS) is 11.2. The first-order valence-electron chi connectivity index (χ1n) is 8.39. The van der Waals surface area contributed by atoms with Crippen molar-refractivity contribution in [1.82, 2.24) is 5.32 Å². The number of nitrogens with zero attached hydrogens (tertiary/aromatic N) is 1. The lowest BCUT2D eigenvalue weighted by molar-refractivity contribution is -0.119. The van der Waals surface area contributed by atoms with Crippen molar-refractivity contribution in [2.45, 2.75) is 12.7 Å². The van der Waals surface area contributed by atoms with Crippen molar-refractivity contribution in [2.75, 3.05) is 29.4 Å². The minimum atomic E-state index is -3.55. The molecule has 0 saturated carbocycles. The first kappa shape index (κ1) is 21.6. The highest BCUT2D eigenvalue weighted by molar-refractivity contribution is 7.98. The predicted molar refractivity (Wildman–Crippen MR) is 114 cm³/mol. The Labute approximate surface area is 170 Å². The summed E-state index contributed by atoms with van der Waals surface area (Å²) in [6, 6.07) is 14.7. The molecule has 8 heteroatoms. The van der Waals surface area contributed by atoms with Crippen LogP contribution in [0.25, 0.3) is 0 Å². The van der Waals surface area contributed by atoms with Gasteiger partial charge in [-0.3, -0.25) is 9.10 Å². The summed E-state index contributed by atoms with van der Waals surface area (Å²) in [5, 5.41) is 3.50. The number of nitrogens with one attached hydrogen (secondary N) is 1. The molecule has 0 aliphatic carbocycles. The highest BCUT2D eigenvalue weighted by atomic mass is 35.5. The van der Waals surface area contributed by atoms with E-state index < -0.39 is 10.0 Å². The second kappa shape index (κ2) is 10.0. The average molecular weight is 427 g/mol. The molecule has 0 saturated heterocycles. The molecule has 5 nitrogen and oxygen atoms in total. The molecule has 27 heavy (non-hydrogen) atoms. The number of sulfonamides is 1. The number of rotatable bonds is 9. The zero-order valence-corrected chi connectivity index (χ0v) is 17.7. The molecular formula is C19H23ClN2O3S2. The maximum Gasteiger partial charge on any atom is 0.240 e. The van der Waals surface area contributed by atoms with Gasteiger partial charge in [0.1, 0.15) is 6.54 Å². The Kier molecular flexibility index (Phi) is 8.01. The Bertz CT molecular complexity index is 871. The third-order valence-corrected chi connectivity index (χ3v) is 6.31. The largest absolute Gasteiger partial charge is 0.354 e. The van der Waals surface area contributed by atoms with Gasteiger partial charge in [-0.1, -0.05) is 47.5 Å². The lowest BCUT2D eigenvalue weighted by atomic mass is 10.2. The van der Waals surface area contributed by atoms with E-state index in [2.05, 4.69) is 5.32 Å². The van der Waals surface area contributed by atoms with Gasteiger partial charge in [0, 0.05) is 23.1 Å². The van der Waals surface area contributed by atoms with Crippen LogP contribution in [-0.2, 0) is 20.6 Å². The summed E-state index contributed by atoms with van der Waals surface area (Å²) >= 11 is 7.76. The van der Waals surface area contributed by atoms with Crippen LogP contribution in [0.2, 0.25) is 5.02 Å². The van der Waals surface area contributed by atoms with Gasteiger partial charge in [0.25, 0.3) is 0 Å². The highest BCUT2D eigenvalue weighted by Crippen LogP contribution is 2.20. The summed E-state index contributed by atoms with van der Waals surface area (Å²) in [6.45, 7) is 2.14. The zero-order chi connectivity index (χ0) is 19.9. The summed E-state index contributed by atoms with van der Waals surface area (Å²) in [4.78, 5) is 12.2. The topological polar surface area (TPSA) is 66.5 Å². The molecule has 2 aromatic rings. The fourth-order valence-corrected chi connectivity index (χ4v) is 4.36. The number of hydrogen-bond donors (Lipinski definition) is 1. The van der Waals surface area contributed by atoms with E-state index in [0.29, 0.717) is 18.0 Å². The summed E-state index contributed by atoms with van der Waals surface area (Å²) in [5.74, 6) is 1.13. The van der Waals surface area contributed by atoms with Gasteiger partial charge in [0.15, 0.2) is 0 Å². The van der Waals surface area contributed by atoms with Gasteiger partial charge in [-0.2, -0.15) is 11.8 Å². The maximum atomic E-state index is 12.2. The molecule has 2 aromatic carbocycles. The molecule has 2 rings (SSSR count). The molecule has 0 heterocycles. The van der Waals surface area contributed by atoms with E-state index in [1.54, 1.807) is 23.9 Å². The van der Waals surface area contributed by atoms with Crippen molar-refractivity contribution in [3.8, 4) is 0 Å². The molecule has 0 aromatic heterocycles. The van der Waals surface area contributed by atoms with Crippen LogP contribution in [0.1, 0.15) is 11.1 Å². The van der Waals surface area contributed by atoms with Gasteiger partial charge >= 0.3 is 0 Å². The second-order valence-electron chi connectivity index (χ2n) is 6.10. The first-order chi connectivity index (χ1) is 12.8. The van der Waals surface area contributed by atoms with Crippen molar-refractivity contribution < 1.29 is 13.2 Å². The van der Waals surface area contributed by atoms with Crippen LogP contribution in [-0.4, -0.2) is 39.4 Å². The van der Waals surface area contributed by atoms with Crippen molar-refractivity contribution in [3.05, 3.63) is 64.7 Å². The molecule has 1 N–H and O–H groups in total. The molecule has 0 spiro atoms. The number of thioether (sulfide) groups is 1. The van der Waals surface area contributed by atoms with Crippen molar-refractivity contribution in [1.29, 1.82) is 0 Å². The van der Waals surface area contributed by atoms with Gasteiger partial charge in [0.05, 0.1) is 11.9 Å². The second-order valence-corrected chi connectivity index (χ2v) is 9.52.